The largest absolute Gasteiger partial charge is 0.497 e. The maximum atomic E-state index is 5.65. The first-order chi connectivity index (χ1) is 6.92. The van der Waals surface area contributed by atoms with E-state index in [1.807, 2.05) is 11.8 Å². The molecule has 2 unspecified atom stereocenters. The topological polar surface area (TPSA) is 47.3 Å². The summed E-state index contributed by atoms with van der Waals surface area (Å²) in [6.45, 7) is 0.849. The van der Waals surface area contributed by atoms with Crippen molar-refractivity contribution in [1.82, 2.24) is 5.43 Å². The molecule has 3 nitrogen and oxygen atoms in total. The smallest absolute Gasteiger partial charge is 0.111 e. The summed E-state index contributed by atoms with van der Waals surface area (Å²) >= 11 is 2.01. The molecule has 0 saturated carbocycles. The molecule has 14 heavy (non-hydrogen) atoms. The van der Waals surface area contributed by atoms with Crippen LogP contribution in [0.3, 0.4) is 0 Å². The monoisotopic (exact) mass is 214 g/mol. The minimum Gasteiger partial charge on any atom is -0.497 e. The SMILES string of the molecule is NNC(C1=CCCCO1)C1CCCS1. The first-order valence-corrected chi connectivity index (χ1v) is 6.37. The Kier molecular flexibility index (Phi) is 3.73. The van der Waals surface area contributed by atoms with E-state index in [1.165, 1.54) is 18.6 Å². The molecular weight excluding hydrogens is 196 g/mol. The molecule has 0 spiro atoms. The van der Waals surface area contributed by atoms with Crippen LogP contribution in [0.2, 0.25) is 0 Å². The van der Waals surface area contributed by atoms with E-state index in [2.05, 4.69) is 11.5 Å². The molecule has 4 heteroatoms. The molecule has 0 aromatic rings. The fourth-order valence-corrected chi connectivity index (χ4v) is 3.41. The number of rotatable bonds is 3. The predicted octanol–water partition coefficient (Wildman–Crippen LogP) is 1.41. The van der Waals surface area contributed by atoms with Crippen LogP contribution in [0.5, 0.6) is 0 Å². The van der Waals surface area contributed by atoms with Crippen molar-refractivity contribution in [2.45, 2.75) is 37.0 Å². The summed E-state index contributed by atoms with van der Waals surface area (Å²) < 4.78 is 5.65. The average Bonchev–Trinajstić information content (AvgIpc) is 2.74. The maximum Gasteiger partial charge on any atom is 0.111 e. The van der Waals surface area contributed by atoms with Gasteiger partial charge in [0, 0.05) is 5.25 Å². The Morgan fingerprint density at radius 2 is 2.50 bits per heavy atom. The van der Waals surface area contributed by atoms with Gasteiger partial charge in [0.2, 0.25) is 0 Å². The van der Waals surface area contributed by atoms with Crippen LogP contribution in [0.4, 0.5) is 0 Å². The number of thioether (sulfide) groups is 1. The predicted molar refractivity (Wildman–Crippen MR) is 59.9 cm³/mol. The number of ether oxygens (including phenoxy) is 1. The van der Waals surface area contributed by atoms with Gasteiger partial charge in [-0.25, -0.2) is 5.43 Å². The average molecular weight is 214 g/mol. The van der Waals surface area contributed by atoms with Crippen molar-refractivity contribution in [3.8, 4) is 0 Å². The highest BCUT2D eigenvalue weighted by Gasteiger charge is 2.29. The van der Waals surface area contributed by atoms with Crippen molar-refractivity contribution < 1.29 is 4.74 Å². The molecule has 2 aliphatic rings. The third-order valence-electron chi connectivity index (χ3n) is 2.79. The summed E-state index contributed by atoms with van der Waals surface area (Å²) in [6.07, 6.45) is 7.01. The molecule has 2 heterocycles. The molecule has 2 aliphatic heterocycles. The van der Waals surface area contributed by atoms with Crippen LogP contribution >= 0.6 is 11.8 Å². The van der Waals surface area contributed by atoms with E-state index < -0.39 is 0 Å². The molecule has 2 atom stereocenters. The van der Waals surface area contributed by atoms with Crippen molar-refractivity contribution in [2.75, 3.05) is 12.4 Å². The van der Waals surface area contributed by atoms with E-state index in [0.29, 0.717) is 5.25 Å². The first kappa shape index (κ1) is 10.3. The molecule has 0 aromatic heterocycles. The molecule has 2 rings (SSSR count). The normalized spacial score (nSPS) is 29.5. The quantitative estimate of drug-likeness (QED) is 0.551. The fraction of sp³-hybridized carbons (Fsp3) is 0.800. The van der Waals surface area contributed by atoms with Crippen molar-refractivity contribution in [3.05, 3.63) is 11.8 Å². The van der Waals surface area contributed by atoms with Gasteiger partial charge in [-0.1, -0.05) is 0 Å². The Labute approximate surface area is 89.4 Å². The third-order valence-corrected chi connectivity index (χ3v) is 4.25. The maximum absolute atomic E-state index is 5.65. The molecule has 0 amide bonds. The number of hydrazine groups is 1. The molecule has 0 aliphatic carbocycles. The zero-order valence-electron chi connectivity index (χ0n) is 8.37. The van der Waals surface area contributed by atoms with Gasteiger partial charge in [-0.05, 0) is 37.5 Å². The minimum atomic E-state index is 0.225. The van der Waals surface area contributed by atoms with Gasteiger partial charge in [0.1, 0.15) is 5.76 Å². The molecule has 0 radical (unpaired) electrons. The van der Waals surface area contributed by atoms with Gasteiger partial charge in [0.05, 0.1) is 12.6 Å². The summed E-state index contributed by atoms with van der Waals surface area (Å²) in [6, 6.07) is 0.225. The summed E-state index contributed by atoms with van der Waals surface area (Å²) in [5.41, 5.74) is 2.90. The van der Waals surface area contributed by atoms with Crippen LogP contribution in [-0.2, 0) is 4.74 Å². The lowest BCUT2D eigenvalue weighted by molar-refractivity contribution is 0.166. The highest BCUT2D eigenvalue weighted by Crippen LogP contribution is 2.32. The van der Waals surface area contributed by atoms with Gasteiger partial charge in [0.15, 0.2) is 0 Å². The van der Waals surface area contributed by atoms with E-state index >= 15 is 0 Å². The third kappa shape index (κ3) is 2.24. The fourth-order valence-electron chi connectivity index (χ4n) is 2.03. The van der Waals surface area contributed by atoms with Crippen LogP contribution in [0.25, 0.3) is 0 Å². The number of hydrogen-bond acceptors (Lipinski definition) is 4. The molecule has 3 N–H and O–H groups in total. The van der Waals surface area contributed by atoms with Crippen molar-refractivity contribution in [2.24, 2.45) is 5.84 Å². The summed E-state index contributed by atoms with van der Waals surface area (Å²) in [7, 11) is 0. The van der Waals surface area contributed by atoms with E-state index in [-0.39, 0.29) is 6.04 Å². The van der Waals surface area contributed by atoms with E-state index in [0.717, 1.165) is 25.2 Å². The summed E-state index contributed by atoms with van der Waals surface area (Å²) in [5.74, 6) is 7.93. The van der Waals surface area contributed by atoms with Gasteiger partial charge in [0.25, 0.3) is 0 Å². The highest BCUT2D eigenvalue weighted by molar-refractivity contribution is 8.00. The van der Waals surface area contributed by atoms with E-state index in [9.17, 15) is 0 Å². The Hall–Kier alpha value is -0.190. The minimum absolute atomic E-state index is 0.225. The second-order valence-corrected chi connectivity index (χ2v) is 5.14. The zero-order chi connectivity index (χ0) is 9.80. The van der Waals surface area contributed by atoms with E-state index in [4.69, 9.17) is 10.6 Å². The second-order valence-electron chi connectivity index (χ2n) is 3.79. The van der Waals surface area contributed by atoms with Gasteiger partial charge >= 0.3 is 0 Å². The highest BCUT2D eigenvalue weighted by atomic mass is 32.2. The van der Waals surface area contributed by atoms with Gasteiger partial charge in [-0.3, -0.25) is 5.84 Å². The Morgan fingerprint density at radius 1 is 1.57 bits per heavy atom. The summed E-state index contributed by atoms with van der Waals surface area (Å²) in [5, 5.41) is 0.601. The van der Waals surface area contributed by atoms with Gasteiger partial charge < -0.3 is 4.74 Å². The molecule has 80 valence electrons. The van der Waals surface area contributed by atoms with Crippen LogP contribution in [-0.4, -0.2) is 23.7 Å². The first-order valence-electron chi connectivity index (χ1n) is 5.32. The van der Waals surface area contributed by atoms with Crippen LogP contribution in [0, 0.1) is 0 Å². The van der Waals surface area contributed by atoms with Crippen LogP contribution in [0.1, 0.15) is 25.7 Å². The number of nitrogens with one attached hydrogen (secondary N) is 1. The van der Waals surface area contributed by atoms with Crippen LogP contribution in [0.15, 0.2) is 11.8 Å². The number of hydrogen-bond donors (Lipinski definition) is 2. The zero-order valence-corrected chi connectivity index (χ0v) is 9.19. The lowest BCUT2D eigenvalue weighted by Crippen LogP contribution is -2.44. The molecule has 1 fully saturated rings. The van der Waals surface area contributed by atoms with Crippen LogP contribution < -0.4 is 11.3 Å². The number of nitrogens with two attached hydrogens (primary N) is 1. The standard InChI is InChI=1S/C10H18N2OS/c11-12-10(9-5-3-7-14-9)8-4-1-2-6-13-8/h4,9-10,12H,1-3,5-7,11H2. The van der Waals surface area contributed by atoms with Gasteiger partial charge in [-0.15, -0.1) is 0 Å². The van der Waals surface area contributed by atoms with Crippen molar-refractivity contribution >= 4 is 11.8 Å². The van der Waals surface area contributed by atoms with Crippen molar-refractivity contribution in [1.29, 1.82) is 0 Å². The second kappa shape index (κ2) is 5.05. The molecule has 0 bridgehead atoms. The van der Waals surface area contributed by atoms with Gasteiger partial charge in [-0.2, -0.15) is 11.8 Å². The van der Waals surface area contributed by atoms with Crippen molar-refractivity contribution in [3.63, 3.8) is 0 Å². The molecular formula is C10H18N2OS. The Balaban J connectivity index is 1.99. The molecule has 1 saturated heterocycles. The molecule has 0 aromatic carbocycles. The lowest BCUT2D eigenvalue weighted by atomic mass is 10.1. The van der Waals surface area contributed by atoms with E-state index in [1.54, 1.807) is 0 Å². The Morgan fingerprint density at radius 3 is 3.07 bits per heavy atom. The number of allylic oxidation sites excluding steroid dienone is 1. The summed E-state index contributed by atoms with van der Waals surface area (Å²) in [4.78, 5) is 0. The Bertz CT molecular complexity index is 214. The lowest BCUT2D eigenvalue weighted by Gasteiger charge is -2.27.